The fourth-order valence-corrected chi connectivity index (χ4v) is 2.30. The fourth-order valence-electron chi connectivity index (χ4n) is 1.71. The maximum Gasteiger partial charge on any atom is 0.0451 e. The summed E-state index contributed by atoms with van der Waals surface area (Å²) in [5.41, 5.74) is 3.55. The van der Waals surface area contributed by atoms with Gasteiger partial charge in [0.1, 0.15) is 0 Å². The number of nitrogens with zero attached hydrogens (tertiary/aromatic N) is 1. The molecule has 0 radical (unpaired) electrons. The molecule has 0 amide bonds. The number of hydrogen-bond acceptors (Lipinski definition) is 2. The standard InChI is InChI=1S/C14H14BrClN2/c1-10-7-17-5-4-11(10)8-18-9-12-6-13(15)2-3-14(12)16/h2-7,18H,8-9H2,1H3. The van der Waals surface area contributed by atoms with Gasteiger partial charge in [-0.2, -0.15) is 0 Å². The van der Waals surface area contributed by atoms with Gasteiger partial charge in [0.15, 0.2) is 0 Å². The van der Waals surface area contributed by atoms with E-state index in [-0.39, 0.29) is 0 Å². The Kier molecular flexibility index (Phi) is 4.75. The summed E-state index contributed by atoms with van der Waals surface area (Å²) < 4.78 is 1.05. The van der Waals surface area contributed by atoms with Crippen LogP contribution in [0.2, 0.25) is 5.02 Å². The molecule has 0 spiro atoms. The molecule has 0 atom stereocenters. The normalized spacial score (nSPS) is 10.6. The Hall–Kier alpha value is -0.900. The van der Waals surface area contributed by atoms with Gasteiger partial charge in [0, 0.05) is 35.0 Å². The molecule has 2 aromatic rings. The van der Waals surface area contributed by atoms with Gasteiger partial charge in [0.05, 0.1) is 0 Å². The van der Waals surface area contributed by atoms with Gasteiger partial charge >= 0.3 is 0 Å². The van der Waals surface area contributed by atoms with Gasteiger partial charge in [-0.25, -0.2) is 0 Å². The van der Waals surface area contributed by atoms with Crippen molar-refractivity contribution >= 4 is 27.5 Å². The molecule has 4 heteroatoms. The Bertz CT molecular complexity index is 543. The van der Waals surface area contributed by atoms with E-state index in [0.717, 1.165) is 28.1 Å². The third kappa shape index (κ3) is 3.55. The van der Waals surface area contributed by atoms with Crippen LogP contribution in [-0.4, -0.2) is 4.98 Å². The largest absolute Gasteiger partial charge is 0.309 e. The van der Waals surface area contributed by atoms with Crippen LogP contribution in [0.4, 0.5) is 0 Å². The smallest absolute Gasteiger partial charge is 0.0451 e. The Morgan fingerprint density at radius 3 is 2.78 bits per heavy atom. The van der Waals surface area contributed by atoms with E-state index in [1.165, 1.54) is 11.1 Å². The van der Waals surface area contributed by atoms with E-state index in [0.29, 0.717) is 0 Å². The lowest BCUT2D eigenvalue weighted by Crippen LogP contribution is -2.13. The lowest BCUT2D eigenvalue weighted by Gasteiger charge is -2.09. The predicted molar refractivity (Wildman–Crippen MR) is 78.7 cm³/mol. The van der Waals surface area contributed by atoms with Crippen LogP contribution in [0, 0.1) is 6.92 Å². The number of aryl methyl sites for hydroxylation is 1. The van der Waals surface area contributed by atoms with Crippen molar-refractivity contribution < 1.29 is 0 Å². The highest BCUT2D eigenvalue weighted by molar-refractivity contribution is 9.10. The van der Waals surface area contributed by atoms with Crippen LogP contribution in [-0.2, 0) is 13.1 Å². The summed E-state index contributed by atoms with van der Waals surface area (Å²) in [6.07, 6.45) is 3.69. The van der Waals surface area contributed by atoms with E-state index in [2.05, 4.69) is 33.2 Å². The minimum Gasteiger partial charge on any atom is -0.309 e. The van der Waals surface area contributed by atoms with Crippen molar-refractivity contribution in [2.75, 3.05) is 0 Å². The molecule has 94 valence electrons. The number of rotatable bonds is 4. The fraction of sp³-hybridized carbons (Fsp3) is 0.214. The van der Waals surface area contributed by atoms with E-state index in [4.69, 9.17) is 11.6 Å². The molecular formula is C14H14BrClN2. The summed E-state index contributed by atoms with van der Waals surface area (Å²) in [4.78, 5) is 4.08. The van der Waals surface area contributed by atoms with E-state index in [1.807, 2.05) is 36.7 Å². The number of pyridine rings is 1. The van der Waals surface area contributed by atoms with Crippen LogP contribution in [0.25, 0.3) is 0 Å². The van der Waals surface area contributed by atoms with Crippen LogP contribution in [0.5, 0.6) is 0 Å². The summed E-state index contributed by atoms with van der Waals surface area (Å²) in [7, 11) is 0. The summed E-state index contributed by atoms with van der Waals surface area (Å²) in [5.74, 6) is 0. The molecule has 0 aliphatic carbocycles. The molecule has 0 saturated carbocycles. The number of nitrogens with one attached hydrogen (secondary N) is 1. The van der Waals surface area contributed by atoms with E-state index in [1.54, 1.807) is 0 Å². The molecule has 18 heavy (non-hydrogen) atoms. The quantitative estimate of drug-likeness (QED) is 0.915. The third-order valence-electron chi connectivity index (χ3n) is 2.78. The molecule has 2 rings (SSSR count). The van der Waals surface area contributed by atoms with Crippen molar-refractivity contribution in [1.82, 2.24) is 10.3 Å². The van der Waals surface area contributed by atoms with Crippen molar-refractivity contribution in [2.45, 2.75) is 20.0 Å². The Morgan fingerprint density at radius 1 is 1.22 bits per heavy atom. The van der Waals surface area contributed by atoms with Crippen LogP contribution in [0.1, 0.15) is 16.7 Å². The van der Waals surface area contributed by atoms with Crippen LogP contribution >= 0.6 is 27.5 Å². The van der Waals surface area contributed by atoms with Gasteiger partial charge in [-0.1, -0.05) is 27.5 Å². The summed E-state index contributed by atoms with van der Waals surface area (Å²) in [5, 5.41) is 4.18. The zero-order chi connectivity index (χ0) is 13.0. The van der Waals surface area contributed by atoms with E-state index < -0.39 is 0 Å². The first-order chi connectivity index (χ1) is 8.66. The first-order valence-electron chi connectivity index (χ1n) is 5.71. The zero-order valence-electron chi connectivity index (χ0n) is 10.1. The molecule has 1 aromatic carbocycles. The highest BCUT2D eigenvalue weighted by atomic mass is 79.9. The van der Waals surface area contributed by atoms with Crippen molar-refractivity contribution in [2.24, 2.45) is 0 Å². The number of halogens is 2. The minimum atomic E-state index is 0.750. The maximum absolute atomic E-state index is 6.14. The second kappa shape index (κ2) is 6.32. The molecular weight excluding hydrogens is 312 g/mol. The van der Waals surface area contributed by atoms with Gasteiger partial charge in [-0.05, 0) is 47.9 Å². The van der Waals surface area contributed by atoms with Gasteiger partial charge in [0.25, 0.3) is 0 Å². The molecule has 1 aromatic heterocycles. The Morgan fingerprint density at radius 2 is 2.00 bits per heavy atom. The molecule has 0 saturated heterocycles. The van der Waals surface area contributed by atoms with Crippen LogP contribution in [0.3, 0.4) is 0 Å². The first kappa shape index (κ1) is 13.5. The second-order valence-electron chi connectivity index (χ2n) is 4.14. The molecule has 0 aliphatic heterocycles. The molecule has 1 N–H and O–H groups in total. The monoisotopic (exact) mass is 324 g/mol. The number of benzene rings is 1. The highest BCUT2D eigenvalue weighted by Gasteiger charge is 2.02. The Labute approximate surface area is 121 Å². The predicted octanol–water partition coefficient (Wildman–Crippen LogP) is 4.10. The first-order valence-corrected chi connectivity index (χ1v) is 6.88. The zero-order valence-corrected chi connectivity index (χ0v) is 12.4. The van der Waals surface area contributed by atoms with Gasteiger partial charge in [0.2, 0.25) is 0 Å². The van der Waals surface area contributed by atoms with E-state index in [9.17, 15) is 0 Å². The summed E-state index contributed by atoms with van der Waals surface area (Å²) in [6, 6.07) is 7.92. The highest BCUT2D eigenvalue weighted by Crippen LogP contribution is 2.20. The van der Waals surface area contributed by atoms with Crippen molar-refractivity contribution in [3.05, 3.63) is 62.8 Å². The maximum atomic E-state index is 6.14. The lowest BCUT2D eigenvalue weighted by molar-refractivity contribution is 0.689. The van der Waals surface area contributed by atoms with Gasteiger partial charge in [-0.15, -0.1) is 0 Å². The van der Waals surface area contributed by atoms with Crippen molar-refractivity contribution in [1.29, 1.82) is 0 Å². The molecule has 0 fully saturated rings. The lowest BCUT2D eigenvalue weighted by atomic mass is 10.1. The number of aromatic nitrogens is 1. The summed E-state index contributed by atoms with van der Waals surface area (Å²) in [6.45, 7) is 3.63. The van der Waals surface area contributed by atoms with Gasteiger partial charge < -0.3 is 5.32 Å². The SMILES string of the molecule is Cc1cnccc1CNCc1cc(Br)ccc1Cl. The third-order valence-corrected chi connectivity index (χ3v) is 3.64. The molecule has 0 bridgehead atoms. The van der Waals surface area contributed by atoms with Crippen molar-refractivity contribution in [3.63, 3.8) is 0 Å². The topological polar surface area (TPSA) is 24.9 Å². The minimum absolute atomic E-state index is 0.750. The van der Waals surface area contributed by atoms with Gasteiger partial charge in [-0.3, -0.25) is 4.98 Å². The molecule has 0 unspecified atom stereocenters. The molecule has 0 aliphatic rings. The van der Waals surface area contributed by atoms with Crippen molar-refractivity contribution in [3.8, 4) is 0 Å². The van der Waals surface area contributed by atoms with Crippen LogP contribution in [0.15, 0.2) is 41.1 Å². The number of hydrogen-bond donors (Lipinski definition) is 1. The average Bonchev–Trinajstić information content (AvgIpc) is 2.36. The molecule has 1 heterocycles. The Balaban J connectivity index is 1.96. The average molecular weight is 326 g/mol. The molecule has 2 nitrogen and oxygen atoms in total. The second-order valence-corrected chi connectivity index (χ2v) is 5.46. The van der Waals surface area contributed by atoms with Crippen LogP contribution < -0.4 is 5.32 Å². The van der Waals surface area contributed by atoms with E-state index >= 15 is 0 Å². The summed E-state index contributed by atoms with van der Waals surface area (Å²) >= 11 is 9.59.